The molecule has 0 aliphatic carbocycles. The number of amides is 1. The summed E-state index contributed by atoms with van der Waals surface area (Å²) in [6.45, 7) is 2.97. The van der Waals surface area contributed by atoms with Crippen LogP contribution in [0.1, 0.15) is 18.1 Å². The minimum atomic E-state index is -0.0462. The van der Waals surface area contributed by atoms with Gasteiger partial charge >= 0.3 is 0 Å². The van der Waals surface area contributed by atoms with Gasteiger partial charge in [0.25, 0.3) is 0 Å². The number of hydrogen-bond acceptors (Lipinski definition) is 4. The summed E-state index contributed by atoms with van der Waals surface area (Å²) in [5.74, 6) is 1.30. The van der Waals surface area contributed by atoms with Crippen molar-refractivity contribution in [3.63, 3.8) is 0 Å². The molecule has 0 aliphatic heterocycles. The van der Waals surface area contributed by atoms with Crippen LogP contribution in [0.3, 0.4) is 0 Å². The predicted octanol–water partition coefficient (Wildman–Crippen LogP) is 2.35. The average Bonchev–Trinajstić information content (AvgIpc) is 2.55. The zero-order valence-corrected chi connectivity index (χ0v) is 12.8. The van der Waals surface area contributed by atoms with E-state index in [0.717, 1.165) is 16.9 Å². The van der Waals surface area contributed by atoms with Crippen molar-refractivity contribution < 1.29 is 14.3 Å². The number of hydrogen-bond donors (Lipinski definition) is 1. The molecule has 1 aromatic heterocycles. The Kier molecular flexibility index (Phi) is 5.77. The van der Waals surface area contributed by atoms with Gasteiger partial charge in [0, 0.05) is 18.3 Å². The largest absolute Gasteiger partial charge is 0.494 e. The molecule has 1 amide bonds. The lowest BCUT2D eigenvalue weighted by molar-refractivity contribution is -0.120. The number of aromatic nitrogens is 1. The molecule has 2 rings (SSSR count). The summed E-state index contributed by atoms with van der Waals surface area (Å²) < 4.78 is 10.5. The van der Waals surface area contributed by atoms with E-state index in [0.29, 0.717) is 25.5 Å². The molecule has 0 saturated carbocycles. The van der Waals surface area contributed by atoms with Crippen molar-refractivity contribution in [1.29, 1.82) is 0 Å². The number of carbonyl (C=O) groups excluding carboxylic acids is 1. The molecule has 1 aromatic carbocycles. The molecule has 0 aliphatic rings. The lowest BCUT2D eigenvalue weighted by Crippen LogP contribution is -2.24. The van der Waals surface area contributed by atoms with Crippen molar-refractivity contribution in [2.45, 2.75) is 19.9 Å². The van der Waals surface area contributed by atoms with E-state index in [-0.39, 0.29) is 5.91 Å². The SMILES string of the molecule is CCOc1ccc(CC(=O)NCc2cccnc2OC)cc1. The van der Waals surface area contributed by atoms with Crippen molar-refractivity contribution in [1.82, 2.24) is 10.3 Å². The normalized spacial score (nSPS) is 10.1. The van der Waals surface area contributed by atoms with E-state index in [9.17, 15) is 4.79 Å². The van der Waals surface area contributed by atoms with Crippen LogP contribution in [-0.2, 0) is 17.8 Å². The first-order valence-electron chi connectivity index (χ1n) is 7.19. The lowest BCUT2D eigenvalue weighted by atomic mass is 10.1. The van der Waals surface area contributed by atoms with Gasteiger partial charge in [-0.3, -0.25) is 4.79 Å². The number of carbonyl (C=O) groups is 1. The molecular formula is C17H20N2O3. The molecule has 5 nitrogen and oxygen atoms in total. The van der Waals surface area contributed by atoms with Crippen LogP contribution in [0.5, 0.6) is 11.6 Å². The first-order valence-corrected chi connectivity index (χ1v) is 7.19. The maximum atomic E-state index is 12.0. The van der Waals surface area contributed by atoms with Gasteiger partial charge in [0.2, 0.25) is 11.8 Å². The van der Waals surface area contributed by atoms with Gasteiger partial charge in [-0.1, -0.05) is 18.2 Å². The Labute approximate surface area is 130 Å². The first kappa shape index (κ1) is 15.8. The number of benzene rings is 1. The van der Waals surface area contributed by atoms with Crippen molar-refractivity contribution in [3.8, 4) is 11.6 Å². The molecular weight excluding hydrogens is 280 g/mol. The Balaban J connectivity index is 1.87. The Morgan fingerprint density at radius 2 is 2.00 bits per heavy atom. The summed E-state index contributed by atoms with van der Waals surface area (Å²) in [7, 11) is 1.56. The maximum Gasteiger partial charge on any atom is 0.224 e. The molecule has 5 heteroatoms. The first-order chi connectivity index (χ1) is 10.7. The standard InChI is InChI=1S/C17H20N2O3/c1-3-22-15-8-6-13(7-9-15)11-16(20)19-12-14-5-4-10-18-17(14)21-2/h4-10H,3,11-12H2,1-2H3,(H,19,20). The summed E-state index contributed by atoms with van der Waals surface area (Å²) in [6, 6.07) is 11.2. The Hall–Kier alpha value is -2.56. The second-order valence-electron chi connectivity index (χ2n) is 4.70. The third kappa shape index (κ3) is 4.48. The highest BCUT2D eigenvalue weighted by Gasteiger charge is 2.07. The molecule has 0 unspecified atom stereocenters. The van der Waals surface area contributed by atoms with Gasteiger partial charge in [-0.25, -0.2) is 4.98 Å². The van der Waals surface area contributed by atoms with Gasteiger partial charge in [-0.15, -0.1) is 0 Å². The quantitative estimate of drug-likeness (QED) is 0.852. The number of nitrogens with one attached hydrogen (secondary N) is 1. The molecule has 0 bridgehead atoms. The summed E-state index contributed by atoms with van der Waals surface area (Å²) >= 11 is 0. The molecule has 1 N–H and O–H groups in total. The fourth-order valence-corrected chi connectivity index (χ4v) is 2.05. The van der Waals surface area contributed by atoms with E-state index in [2.05, 4.69) is 10.3 Å². The van der Waals surface area contributed by atoms with Gasteiger partial charge in [-0.2, -0.15) is 0 Å². The number of methoxy groups -OCH3 is 1. The van der Waals surface area contributed by atoms with Crippen LogP contribution in [0.15, 0.2) is 42.6 Å². The minimum Gasteiger partial charge on any atom is -0.494 e. The van der Waals surface area contributed by atoms with Gasteiger partial charge in [0.15, 0.2) is 0 Å². The molecule has 22 heavy (non-hydrogen) atoms. The highest BCUT2D eigenvalue weighted by molar-refractivity contribution is 5.78. The van der Waals surface area contributed by atoms with E-state index in [1.54, 1.807) is 13.3 Å². The van der Waals surface area contributed by atoms with E-state index in [1.807, 2.05) is 43.3 Å². The van der Waals surface area contributed by atoms with Crippen LogP contribution < -0.4 is 14.8 Å². The van der Waals surface area contributed by atoms with Crippen molar-refractivity contribution in [2.75, 3.05) is 13.7 Å². The van der Waals surface area contributed by atoms with Gasteiger partial charge in [-0.05, 0) is 30.7 Å². The summed E-state index contributed by atoms with van der Waals surface area (Å²) in [6.07, 6.45) is 1.99. The average molecular weight is 300 g/mol. The number of nitrogens with zero attached hydrogens (tertiary/aromatic N) is 1. The van der Waals surface area contributed by atoms with Crippen LogP contribution >= 0.6 is 0 Å². The third-order valence-electron chi connectivity index (χ3n) is 3.12. The zero-order chi connectivity index (χ0) is 15.8. The Morgan fingerprint density at radius 3 is 2.68 bits per heavy atom. The van der Waals surface area contributed by atoms with E-state index < -0.39 is 0 Å². The zero-order valence-electron chi connectivity index (χ0n) is 12.8. The van der Waals surface area contributed by atoms with Gasteiger partial charge in [0.05, 0.1) is 20.1 Å². The smallest absolute Gasteiger partial charge is 0.224 e. The molecule has 1 heterocycles. The number of pyridine rings is 1. The Morgan fingerprint density at radius 1 is 1.23 bits per heavy atom. The second-order valence-corrected chi connectivity index (χ2v) is 4.70. The van der Waals surface area contributed by atoms with Gasteiger partial charge in [0.1, 0.15) is 5.75 Å². The van der Waals surface area contributed by atoms with Gasteiger partial charge < -0.3 is 14.8 Å². The van der Waals surface area contributed by atoms with Crippen molar-refractivity contribution in [3.05, 3.63) is 53.7 Å². The lowest BCUT2D eigenvalue weighted by Gasteiger charge is -2.09. The van der Waals surface area contributed by atoms with E-state index >= 15 is 0 Å². The molecule has 0 radical (unpaired) electrons. The molecule has 116 valence electrons. The fourth-order valence-electron chi connectivity index (χ4n) is 2.05. The van der Waals surface area contributed by atoms with Crippen LogP contribution in [-0.4, -0.2) is 24.6 Å². The van der Waals surface area contributed by atoms with Crippen LogP contribution in [0.2, 0.25) is 0 Å². The fraction of sp³-hybridized carbons (Fsp3) is 0.294. The minimum absolute atomic E-state index is 0.0462. The summed E-state index contributed by atoms with van der Waals surface area (Å²) in [5.41, 5.74) is 1.80. The van der Waals surface area contributed by atoms with Crippen molar-refractivity contribution >= 4 is 5.91 Å². The number of rotatable bonds is 7. The summed E-state index contributed by atoms with van der Waals surface area (Å²) in [4.78, 5) is 16.1. The predicted molar refractivity (Wildman–Crippen MR) is 84.0 cm³/mol. The van der Waals surface area contributed by atoms with E-state index in [4.69, 9.17) is 9.47 Å². The highest BCUT2D eigenvalue weighted by Crippen LogP contribution is 2.14. The summed E-state index contributed by atoms with van der Waals surface area (Å²) in [5, 5.41) is 2.87. The molecule has 0 fully saturated rings. The topological polar surface area (TPSA) is 60.5 Å². The molecule has 0 atom stereocenters. The van der Waals surface area contributed by atoms with Crippen molar-refractivity contribution in [2.24, 2.45) is 0 Å². The van der Waals surface area contributed by atoms with Crippen LogP contribution in [0.25, 0.3) is 0 Å². The molecule has 2 aromatic rings. The Bertz CT molecular complexity index is 612. The highest BCUT2D eigenvalue weighted by atomic mass is 16.5. The second kappa shape index (κ2) is 8.02. The third-order valence-corrected chi connectivity index (χ3v) is 3.12. The molecule has 0 saturated heterocycles. The number of ether oxygens (including phenoxy) is 2. The molecule has 0 spiro atoms. The van der Waals surface area contributed by atoms with Crippen LogP contribution in [0.4, 0.5) is 0 Å². The maximum absolute atomic E-state index is 12.0. The van der Waals surface area contributed by atoms with E-state index in [1.165, 1.54) is 0 Å². The van der Waals surface area contributed by atoms with Crippen LogP contribution in [0, 0.1) is 0 Å². The monoisotopic (exact) mass is 300 g/mol.